The molecule has 0 bridgehead atoms. The van der Waals surface area contributed by atoms with Crippen molar-refractivity contribution in [2.75, 3.05) is 6.61 Å². The van der Waals surface area contributed by atoms with E-state index in [2.05, 4.69) is 0 Å². The number of hydrogen-bond acceptors (Lipinski definition) is 5. The normalized spacial score (nSPS) is 13.9. The van der Waals surface area contributed by atoms with Crippen molar-refractivity contribution in [3.05, 3.63) is 101 Å². The summed E-state index contributed by atoms with van der Waals surface area (Å²) in [6, 6.07) is 16.1. The molecule has 1 fully saturated rings. The number of alkyl halides is 2. The molecule has 8 nitrogen and oxygen atoms in total. The van der Waals surface area contributed by atoms with Crippen molar-refractivity contribution < 1.29 is 32.9 Å². The highest BCUT2D eigenvalue weighted by Crippen LogP contribution is 2.36. The molecular formula is C28H25F2N3O5. The Morgan fingerprint density at radius 3 is 2.61 bits per heavy atom. The van der Waals surface area contributed by atoms with Crippen LogP contribution in [0.15, 0.2) is 79.3 Å². The molecule has 1 atom stereocenters. The summed E-state index contributed by atoms with van der Waals surface area (Å²) in [6.45, 7) is -2.57. The third kappa shape index (κ3) is 6.08. The van der Waals surface area contributed by atoms with Crippen LogP contribution in [0.25, 0.3) is 11.3 Å². The first-order chi connectivity index (χ1) is 18.4. The Balaban J connectivity index is 1.52. The summed E-state index contributed by atoms with van der Waals surface area (Å²) in [6.07, 6.45) is 7.11. The number of carboxylic acid groups (broad SMARTS) is 1. The summed E-state index contributed by atoms with van der Waals surface area (Å²) in [5.74, 6) is -0.436. The second-order valence-corrected chi connectivity index (χ2v) is 9.19. The van der Waals surface area contributed by atoms with Gasteiger partial charge in [0.2, 0.25) is 0 Å². The summed E-state index contributed by atoms with van der Waals surface area (Å²) >= 11 is 0. The Morgan fingerprint density at radius 2 is 1.89 bits per heavy atom. The van der Waals surface area contributed by atoms with E-state index in [1.807, 2.05) is 0 Å². The average Bonchev–Trinajstić information content (AvgIpc) is 3.61. The summed E-state index contributed by atoms with van der Waals surface area (Å²) in [5.41, 5.74) is 2.97. The third-order valence-electron chi connectivity index (χ3n) is 6.37. The first kappa shape index (κ1) is 25.2. The second kappa shape index (κ2) is 10.9. The highest BCUT2D eigenvalue weighted by Gasteiger charge is 2.25. The standard InChI is InChI=1S/C28H25F2N3O5/c29-28(30)38-25-7-6-21(16-26(25)37-17-19-4-5-19)24(14-18-8-11-32(36)12-9-18)33-13-10-23(31-33)20-2-1-3-22(15-20)27(34)35/h1-3,6-13,15-16,19,24,28H,4-5,14,17H2,(H,34,35). The third-order valence-corrected chi connectivity index (χ3v) is 6.37. The summed E-state index contributed by atoms with van der Waals surface area (Å²) in [4.78, 5) is 11.4. The van der Waals surface area contributed by atoms with E-state index < -0.39 is 18.6 Å². The minimum Gasteiger partial charge on any atom is -0.619 e. The van der Waals surface area contributed by atoms with Crippen molar-refractivity contribution in [1.29, 1.82) is 0 Å². The maximum atomic E-state index is 13.0. The quantitative estimate of drug-likeness (QED) is 0.218. The van der Waals surface area contributed by atoms with Crippen molar-refractivity contribution in [3.63, 3.8) is 0 Å². The highest BCUT2D eigenvalue weighted by molar-refractivity contribution is 5.89. The minimum atomic E-state index is -2.99. The fourth-order valence-electron chi connectivity index (χ4n) is 4.17. The van der Waals surface area contributed by atoms with Crippen LogP contribution in [0, 0.1) is 11.1 Å². The Morgan fingerprint density at radius 1 is 1.11 bits per heavy atom. The molecule has 0 amide bonds. The molecule has 5 rings (SSSR count). The van der Waals surface area contributed by atoms with E-state index in [1.165, 1.54) is 24.5 Å². The fourth-order valence-corrected chi connectivity index (χ4v) is 4.17. The van der Waals surface area contributed by atoms with Crippen LogP contribution >= 0.6 is 0 Å². The fraction of sp³-hybridized carbons (Fsp3) is 0.250. The predicted molar refractivity (Wildman–Crippen MR) is 133 cm³/mol. The molecule has 2 heterocycles. The Hall–Kier alpha value is -4.47. The molecule has 1 unspecified atom stereocenters. The molecule has 1 saturated carbocycles. The molecule has 4 aromatic rings. The number of ether oxygens (including phenoxy) is 2. The van der Waals surface area contributed by atoms with Gasteiger partial charge < -0.3 is 19.8 Å². The summed E-state index contributed by atoms with van der Waals surface area (Å²) in [7, 11) is 0. The van der Waals surface area contributed by atoms with Crippen LogP contribution in [-0.2, 0) is 6.42 Å². The van der Waals surface area contributed by atoms with E-state index in [1.54, 1.807) is 59.4 Å². The highest BCUT2D eigenvalue weighted by atomic mass is 19.3. The Bertz CT molecular complexity index is 1420. The molecule has 38 heavy (non-hydrogen) atoms. The lowest BCUT2D eigenvalue weighted by Gasteiger charge is -2.21. The molecule has 2 aromatic heterocycles. The number of pyridine rings is 1. The van der Waals surface area contributed by atoms with E-state index in [0.717, 1.165) is 24.0 Å². The monoisotopic (exact) mass is 521 g/mol. The van der Waals surface area contributed by atoms with E-state index in [9.17, 15) is 23.9 Å². The largest absolute Gasteiger partial charge is 0.619 e. The number of rotatable bonds is 11. The van der Waals surface area contributed by atoms with E-state index in [-0.39, 0.29) is 17.1 Å². The zero-order chi connectivity index (χ0) is 26.6. The van der Waals surface area contributed by atoms with Crippen LogP contribution in [0.3, 0.4) is 0 Å². The van der Waals surface area contributed by atoms with Gasteiger partial charge in [0.05, 0.1) is 23.9 Å². The van der Waals surface area contributed by atoms with Gasteiger partial charge in [-0.3, -0.25) is 4.68 Å². The number of carbonyl (C=O) groups is 1. The summed E-state index contributed by atoms with van der Waals surface area (Å²) < 4.78 is 39.1. The summed E-state index contributed by atoms with van der Waals surface area (Å²) in [5, 5.41) is 25.6. The van der Waals surface area contributed by atoms with Gasteiger partial charge in [0.1, 0.15) is 0 Å². The Kier molecular flexibility index (Phi) is 7.21. The van der Waals surface area contributed by atoms with Crippen LogP contribution in [-0.4, -0.2) is 34.1 Å². The predicted octanol–water partition coefficient (Wildman–Crippen LogP) is 5.10. The first-order valence-corrected chi connectivity index (χ1v) is 12.1. The number of hydrogen-bond donors (Lipinski definition) is 1. The molecule has 1 aliphatic carbocycles. The van der Waals surface area contributed by atoms with Gasteiger partial charge in [-0.1, -0.05) is 18.2 Å². The van der Waals surface area contributed by atoms with E-state index in [0.29, 0.717) is 34.9 Å². The van der Waals surface area contributed by atoms with Crippen LogP contribution in [0.2, 0.25) is 0 Å². The number of carboxylic acids is 1. The van der Waals surface area contributed by atoms with Crippen molar-refractivity contribution >= 4 is 5.97 Å². The molecule has 0 radical (unpaired) electrons. The van der Waals surface area contributed by atoms with Gasteiger partial charge >= 0.3 is 12.6 Å². The van der Waals surface area contributed by atoms with Gasteiger partial charge in [0.25, 0.3) is 0 Å². The van der Waals surface area contributed by atoms with Crippen LogP contribution < -0.4 is 14.2 Å². The van der Waals surface area contributed by atoms with Crippen molar-refractivity contribution in [3.8, 4) is 22.8 Å². The maximum absolute atomic E-state index is 13.0. The van der Waals surface area contributed by atoms with Crippen molar-refractivity contribution in [2.45, 2.75) is 31.9 Å². The molecule has 0 spiro atoms. The van der Waals surface area contributed by atoms with Gasteiger partial charge in [0, 0.05) is 23.9 Å². The van der Waals surface area contributed by atoms with Crippen molar-refractivity contribution in [2.24, 2.45) is 5.92 Å². The molecule has 1 aliphatic rings. The minimum absolute atomic E-state index is 0.0399. The van der Waals surface area contributed by atoms with E-state index >= 15 is 0 Å². The first-order valence-electron chi connectivity index (χ1n) is 12.1. The van der Waals surface area contributed by atoms with Gasteiger partial charge in [-0.05, 0) is 66.6 Å². The molecule has 2 aromatic carbocycles. The van der Waals surface area contributed by atoms with Crippen LogP contribution in [0.4, 0.5) is 8.78 Å². The lowest BCUT2D eigenvalue weighted by atomic mass is 9.99. The SMILES string of the molecule is O=C(O)c1cccc(-c2ccn(C(Cc3cc[n+]([O-])cc3)c3ccc(OC(F)F)c(OCC4CC4)c3)n2)c1. The van der Waals surface area contributed by atoms with Crippen LogP contribution in [0.5, 0.6) is 11.5 Å². The molecule has 1 N–H and O–H groups in total. The van der Waals surface area contributed by atoms with Gasteiger partial charge in [0.15, 0.2) is 23.9 Å². The number of nitrogens with zero attached hydrogens (tertiary/aromatic N) is 3. The maximum Gasteiger partial charge on any atom is 0.387 e. The topological polar surface area (TPSA) is 101 Å². The van der Waals surface area contributed by atoms with Gasteiger partial charge in [-0.2, -0.15) is 18.6 Å². The lowest BCUT2D eigenvalue weighted by molar-refractivity contribution is -0.605. The number of aromatic nitrogens is 3. The second-order valence-electron chi connectivity index (χ2n) is 9.19. The molecule has 0 aliphatic heterocycles. The molecule has 0 saturated heterocycles. The van der Waals surface area contributed by atoms with Gasteiger partial charge in [-0.15, -0.1) is 0 Å². The number of halogens is 2. The molecule has 10 heteroatoms. The smallest absolute Gasteiger partial charge is 0.387 e. The van der Waals surface area contributed by atoms with Gasteiger partial charge in [-0.25, -0.2) is 4.79 Å². The lowest BCUT2D eigenvalue weighted by Crippen LogP contribution is -2.24. The Labute approximate surface area is 217 Å². The average molecular weight is 522 g/mol. The number of aromatic carboxylic acids is 1. The zero-order valence-corrected chi connectivity index (χ0v) is 20.2. The van der Waals surface area contributed by atoms with Crippen molar-refractivity contribution in [1.82, 2.24) is 9.78 Å². The number of benzene rings is 2. The molecule has 196 valence electrons. The molecular weight excluding hydrogens is 496 g/mol. The van der Waals surface area contributed by atoms with Crippen LogP contribution in [0.1, 0.15) is 40.4 Å². The van der Waals surface area contributed by atoms with E-state index in [4.69, 9.17) is 14.6 Å². The zero-order valence-electron chi connectivity index (χ0n) is 20.2.